The minimum Gasteiger partial charge on any atom is -0.356 e. The molecule has 1 aromatic rings. The normalized spacial score (nSPS) is 21.1. The lowest BCUT2D eigenvalue weighted by Crippen LogP contribution is -2.48. The van der Waals surface area contributed by atoms with Crippen LogP contribution in [0.5, 0.6) is 0 Å². The van der Waals surface area contributed by atoms with Gasteiger partial charge >= 0.3 is 0 Å². The Labute approximate surface area is 152 Å². The number of likely N-dealkylation sites (tertiary alicyclic amines) is 1. The average Bonchev–Trinajstić information content (AvgIpc) is 2.61. The lowest BCUT2D eigenvalue weighted by molar-refractivity contribution is -0.127. The first-order chi connectivity index (χ1) is 12.0. The van der Waals surface area contributed by atoms with Crippen molar-refractivity contribution in [3.8, 4) is 0 Å². The zero-order valence-electron chi connectivity index (χ0n) is 16.0. The molecule has 1 amide bonds. The molecule has 0 aliphatic carbocycles. The highest BCUT2D eigenvalue weighted by molar-refractivity contribution is 5.84. The molecule has 5 heteroatoms. The lowest BCUT2D eigenvalue weighted by Gasteiger charge is -2.37. The largest absolute Gasteiger partial charge is 0.356 e. The average molecular weight is 345 g/mol. The third-order valence-corrected chi connectivity index (χ3v) is 5.04. The molecular weight excluding hydrogens is 312 g/mol. The van der Waals surface area contributed by atoms with Gasteiger partial charge in [-0.1, -0.05) is 44.2 Å². The van der Waals surface area contributed by atoms with E-state index in [9.17, 15) is 4.79 Å². The maximum Gasteiger partial charge on any atom is 0.243 e. The highest BCUT2D eigenvalue weighted by atomic mass is 16.2. The number of aliphatic imine (C=N–C) groups is 1. The molecule has 0 aromatic heterocycles. The molecule has 5 nitrogen and oxygen atoms in total. The Bertz CT molecular complexity index is 570. The van der Waals surface area contributed by atoms with E-state index in [1.54, 1.807) is 19.0 Å². The van der Waals surface area contributed by atoms with E-state index >= 15 is 0 Å². The maximum atomic E-state index is 11.9. The van der Waals surface area contributed by atoms with Crippen LogP contribution in [0.25, 0.3) is 0 Å². The molecule has 1 N–H and O–H groups in total. The van der Waals surface area contributed by atoms with Crippen molar-refractivity contribution in [2.45, 2.75) is 26.7 Å². The van der Waals surface area contributed by atoms with E-state index in [1.807, 2.05) is 6.07 Å². The molecule has 1 aliphatic heterocycles. The van der Waals surface area contributed by atoms with Gasteiger partial charge in [-0.25, -0.2) is 4.99 Å². The van der Waals surface area contributed by atoms with E-state index in [4.69, 9.17) is 0 Å². The molecular formula is C20H32N4O. The third kappa shape index (κ3) is 6.07. The van der Waals surface area contributed by atoms with Crippen LogP contribution in [0.15, 0.2) is 35.3 Å². The Balaban J connectivity index is 1.98. The summed E-state index contributed by atoms with van der Waals surface area (Å²) in [4.78, 5) is 20.4. The van der Waals surface area contributed by atoms with Gasteiger partial charge in [0.1, 0.15) is 6.54 Å². The van der Waals surface area contributed by atoms with Crippen LogP contribution < -0.4 is 5.32 Å². The fraction of sp³-hybridized carbons (Fsp3) is 0.600. The number of carbonyl (C=O) groups is 1. The zero-order chi connectivity index (χ0) is 18.2. The summed E-state index contributed by atoms with van der Waals surface area (Å²) in [6.07, 6.45) is 2.11. The minimum absolute atomic E-state index is 0.0285. The molecule has 1 fully saturated rings. The fourth-order valence-electron chi connectivity index (χ4n) is 2.97. The van der Waals surface area contributed by atoms with Gasteiger partial charge in [-0.15, -0.1) is 0 Å². The van der Waals surface area contributed by atoms with Crippen molar-refractivity contribution in [1.82, 2.24) is 15.1 Å². The van der Waals surface area contributed by atoms with Gasteiger partial charge in [0.05, 0.1) is 0 Å². The molecule has 2 unspecified atom stereocenters. The quantitative estimate of drug-likeness (QED) is 0.658. The number of rotatable bonds is 5. The Morgan fingerprint density at radius 2 is 1.96 bits per heavy atom. The van der Waals surface area contributed by atoms with Crippen LogP contribution in [0, 0.1) is 11.8 Å². The summed E-state index contributed by atoms with van der Waals surface area (Å²) in [7, 11) is 3.54. The van der Waals surface area contributed by atoms with Crippen LogP contribution in [0.4, 0.5) is 0 Å². The van der Waals surface area contributed by atoms with Crippen LogP contribution >= 0.6 is 0 Å². The molecule has 0 saturated carbocycles. The number of carbonyl (C=O) groups excluding carboxylic acids is 1. The topological polar surface area (TPSA) is 47.9 Å². The Kier molecular flexibility index (Phi) is 7.29. The van der Waals surface area contributed by atoms with E-state index < -0.39 is 0 Å². The van der Waals surface area contributed by atoms with E-state index in [1.165, 1.54) is 12.0 Å². The van der Waals surface area contributed by atoms with Gasteiger partial charge in [-0.05, 0) is 30.2 Å². The molecule has 0 spiro atoms. The predicted octanol–water partition coefficient (Wildman–Crippen LogP) is 2.24. The van der Waals surface area contributed by atoms with Crippen molar-refractivity contribution in [3.63, 3.8) is 0 Å². The minimum atomic E-state index is 0.0285. The molecule has 1 aromatic carbocycles. The fourth-order valence-corrected chi connectivity index (χ4v) is 2.97. The number of hydrogen-bond acceptors (Lipinski definition) is 2. The number of amides is 1. The van der Waals surface area contributed by atoms with E-state index in [0.717, 1.165) is 37.9 Å². The van der Waals surface area contributed by atoms with Gasteiger partial charge in [0.25, 0.3) is 0 Å². The van der Waals surface area contributed by atoms with Crippen molar-refractivity contribution in [3.05, 3.63) is 35.9 Å². The second-order valence-corrected chi connectivity index (χ2v) is 7.28. The van der Waals surface area contributed by atoms with Gasteiger partial charge in [0.15, 0.2) is 5.96 Å². The van der Waals surface area contributed by atoms with E-state index in [2.05, 4.69) is 53.3 Å². The first-order valence-electron chi connectivity index (χ1n) is 9.24. The number of guanidine groups is 1. The number of piperidine rings is 1. The van der Waals surface area contributed by atoms with Crippen molar-refractivity contribution < 1.29 is 4.79 Å². The summed E-state index contributed by atoms with van der Waals surface area (Å²) in [6, 6.07) is 10.4. The van der Waals surface area contributed by atoms with Crippen molar-refractivity contribution in [2.24, 2.45) is 16.8 Å². The molecule has 2 rings (SSSR count). The molecule has 1 saturated heterocycles. The summed E-state index contributed by atoms with van der Waals surface area (Å²) in [5.41, 5.74) is 1.30. The van der Waals surface area contributed by atoms with E-state index in [-0.39, 0.29) is 12.5 Å². The van der Waals surface area contributed by atoms with Crippen LogP contribution in [0.1, 0.15) is 25.8 Å². The summed E-state index contributed by atoms with van der Waals surface area (Å²) < 4.78 is 0. The lowest BCUT2D eigenvalue weighted by atomic mass is 9.89. The molecule has 25 heavy (non-hydrogen) atoms. The summed E-state index contributed by atoms with van der Waals surface area (Å²) in [5, 5.41) is 3.47. The van der Waals surface area contributed by atoms with Gasteiger partial charge in [-0.3, -0.25) is 4.79 Å². The molecule has 1 heterocycles. The smallest absolute Gasteiger partial charge is 0.243 e. The van der Waals surface area contributed by atoms with E-state index in [0.29, 0.717) is 5.92 Å². The maximum absolute atomic E-state index is 11.9. The Morgan fingerprint density at radius 3 is 2.60 bits per heavy atom. The summed E-state index contributed by atoms with van der Waals surface area (Å²) >= 11 is 0. The van der Waals surface area contributed by atoms with Crippen LogP contribution in [0.3, 0.4) is 0 Å². The molecule has 0 radical (unpaired) electrons. The third-order valence-electron chi connectivity index (χ3n) is 5.04. The monoisotopic (exact) mass is 344 g/mol. The SMILES string of the molecule is CC1CCN(C(=NCC(=O)N(C)C)NCCc2ccccc2)CC1C. The highest BCUT2D eigenvalue weighted by Gasteiger charge is 2.24. The van der Waals surface area contributed by atoms with Crippen molar-refractivity contribution in [1.29, 1.82) is 0 Å². The highest BCUT2D eigenvalue weighted by Crippen LogP contribution is 2.22. The van der Waals surface area contributed by atoms with Crippen LogP contribution in [-0.2, 0) is 11.2 Å². The first kappa shape index (κ1) is 19.3. The van der Waals surface area contributed by atoms with Gasteiger partial charge in [0, 0.05) is 33.7 Å². The Morgan fingerprint density at radius 1 is 1.24 bits per heavy atom. The van der Waals surface area contributed by atoms with Crippen molar-refractivity contribution >= 4 is 11.9 Å². The number of nitrogens with zero attached hydrogens (tertiary/aromatic N) is 3. The van der Waals surface area contributed by atoms with Crippen LogP contribution in [0.2, 0.25) is 0 Å². The van der Waals surface area contributed by atoms with Gasteiger partial charge in [0.2, 0.25) is 5.91 Å². The number of likely N-dealkylation sites (N-methyl/N-ethyl adjacent to an activating group) is 1. The second kappa shape index (κ2) is 9.44. The number of hydrogen-bond donors (Lipinski definition) is 1. The second-order valence-electron chi connectivity index (χ2n) is 7.28. The summed E-state index contributed by atoms with van der Waals surface area (Å²) in [5.74, 6) is 2.27. The molecule has 0 bridgehead atoms. The van der Waals surface area contributed by atoms with Gasteiger partial charge < -0.3 is 15.1 Å². The zero-order valence-corrected chi connectivity index (χ0v) is 16.0. The molecule has 2 atom stereocenters. The number of benzene rings is 1. The molecule has 1 aliphatic rings. The first-order valence-corrected chi connectivity index (χ1v) is 9.24. The standard InChI is InChI=1S/C20H32N4O/c1-16-11-13-24(15-17(16)2)20(22-14-19(25)23(3)4)21-12-10-18-8-6-5-7-9-18/h5-9,16-17H,10-15H2,1-4H3,(H,21,22). The summed E-state index contributed by atoms with van der Waals surface area (Å²) in [6.45, 7) is 7.62. The predicted molar refractivity (Wildman–Crippen MR) is 104 cm³/mol. The molecule has 138 valence electrons. The van der Waals surface area contributed by atoms with Gasteiger partial charge in [-0.2, -0.15) is 0 Å². The number of nitrogens with one attached hydrogen (secondary N) is 1. The van der Waals surface area contributed by atoms with Crippen LogP contribution in [-0.4, -0.2) is 61.9 Å². The van der Waals surface area contributed by atoms with Crippen molar-refractivity contribution in [2.75, 3.05) is 40.3 Å². The Hall–Kier alpha value is -2.04.